The van der Waals surface area contributed by atoms with Crippen LogP contribution in [0.5, 0.6) is 0 Å². The van der Waals surface area contributed by atoms with Crippen molar-refractivity contribution in [2.45, 2.75) is 19.4 Å². The molecule has 0 radical (unpaired) electrons. The van der Waals surface area contributed by atoms with E-state index < -0.39 is 0 Å². The monoisotopic (exact) mass is 295 g/mol. The Balaban J connectivity index is 2.25. The molecule has 4 heteroatoms. The van der Waals surface area contributed by atoms with Crippen LogP contribution in [-0.2, 0) is 0 Å². The number of anilines is 1. The molecular formula is C17H14ClN3. The zero-order valence-electron chi connectivity index (χ0n) is 11.6. The number of halogens is 1. The van der Waals surface area contributed by atoms with Gasteiger partial charge in [-0.15, -0.1) is 0 Å². The standard InChI is InChI=1S/C17H14ClN3/c1-2-17(12-3-6-15(18)7-4-12)21-16-8-5-13(10-19)14(9-16)11-20/h3-9,17,21H,2H2,1H3. The molecule has 0 aromatic heterocycles. The highest BCUT2D eigenvalue weighted by atomic mass is 35.5. The Morgan fingerprint density at radius 1 is 1.05 bits per heavy atom. The molecule has 1 N–H and O–H groups in total. The van der Waals surface area contributed by atoms with Crippen LogP contribution in [0.1, 0.15) is 36.1 Å². The van der Waals surface area contributed by atoms with E-state index in [0.29, 0.717) is 16.1 Å². The maximum Gasteiger partial charge on any atom is 0.101 e. The van der Waals surface area contributed by atoms with Crippen molar-refractivity contribution in [1.29, 1.82) is 10.5 Å². The average molecular weight is 296 g/mol. The zero-order valence-corrected chi connectivity index (χ0v) is 12.4. The van der Waals surface area contributed by atoms with Crippen molar-refractivity contribution in [1.82, 2.24) is 0 Å². The SMILES string of the molecule is CCC(Nc1ccc(C#N)c(C#N)c1)c1ccc(Cl)cc1. The molecule has 0 bridgehead atoms. The molecule has 0 aliphatic rings. The van der Waals surface area contributed by atoms with E-state index in [1.165, 1.54) is 0 Å². The van der Waals surface area contributed by atoms with Crippen LogP contribution >= 0.6 is 11.6 Å². The second-order valence-electron chi connectivity index (χ2n) is 4.64. The Labute approximate surface area is 129 Å². The van der Waals surface area contributed by atoms with Gasteiger partial charge in [0, 0.05) is 10.7 Å². The highest BCUT2D eigenvalue weighted by Gasteiger charge is 2.10. The first kappa shape index (κ1) is 14.9. The summed E-state index contributed by atoms with van der Waals surface area (Å²) in [4.78, 5) is 0. The lowest BCUT2D eigenvalue weighted by Crippen LogP contribution is -2.09. The van der Waals surface area contributed by atoms with Crippen molar-refractivity contribution < 1.29 is 0 Å². The van der Waals surface area contributed by atoms with Crippen LogP contribution in [0.3, 0.4) is 0 Å². The first-order chi connectivity index (χ1) is 10.2. The van der Waals surface area contributed by atoms with E-state index in [1.54, 1.807) is 12.1 Å². The number of benzene rings is 2. The Kier molecular flexibility index (Phi) is 4.82. The molecule has 0 amide bonds. The molecule has 0 aliphatic heterocycles. The van der Waals surface area contributed by atoms with Gasteiger partial charge in [-0.05, 0) is 42.3 Å². The van der Waals surface area contributed by atoms with Crippen LogP contribution in [0, 0.1) is 22.7 Å². The Morgan fingerprint density at radius 3 is 2.29 bits per heavy atom. The van der Waals surface area contributed by atoms with Crippen LogP contribution in [0.15, 0.2) is 42.5 Å². The summed E-state index contributed by atoms with van der Waals surface area (Å²) in [5, 5.41) is 22.1. The first-order valence-corrected chi connectivity index (χ1v) is 7.02. The molecule has 0 saturated heterocycles. The van der Waals surface area contributed by atoms with E-state index >= 15 is 0 Å². The lowest BCUT2D eigenvalue weighted by molar-refractivity contribution is 0.749. The van der Waals surface area contributed by atoms with Gasteiger partial charge in [0.2, 0.25) is 0 Å². The maximum absolute atomic E-state index is 9.07. The molecule has 1 atom stereocenters. The number of nitrogens with one attached hydrogen (secondary N) is 1. The van der Waals surface area contributed by atoms with Gasteiger partial charge in [-0.1, -0.05) is 30.7 Å². The van der Waals surface area contributed by atoms with Crippen molar-refractivity contribution in [3.63, 3.8) is 0 Å². The molecule has 0 heterocycles. The largest absolute Gasteiger partial charge is 0.378 e. The third kappa shape index (κ3) is 3.54. The molecule has 2 aromatic rings. The van der Waals surface area contributed by atoms with Crippen molar-refractivity contribution in [2.75, 3.05) is 5.32 Å². The fraction of sp³-hybridized carbons (Fsp3) is 0.176. The van der Waals surface area contributed by atoms with E-state index in [0.717, 1.165) is 17.7 Å². The summed E-state index contributed by atoms with van der Waals surface area (Å²) in [6.07, 6.45) is 0.892. The summed E-state index contributed by atoms with van der Waals surface area (Å²) in [5.41, 5.74) is 2.73. The number of nitrogens with zero attached hydrogens (tertiary/aromatic N) is 2. The van der Waals surface area contributed by atoms with Gasteiger partial charge in [-0.25, -0.2) is 0 Å². The third-order valence-corrected chi connectivity index (χ3v) is 3.53. The van der Waals surface area contributed by atoms with Crippen LogP contribution in [0.4, 0.5) is 5.69 Å². The van der Waals surface area contributed by atoms with Crippen molar-refractivity contribution in [3.8, 4) is 12.1 Å². The molecular weight excluding hydrogens is 282 g/mol. The zero-order chi connectivity index (χ0) is 15.2. The van der Waals surface area contributed by atoms with Gasteiger partial charge in [-0.3, -0.25) is 0 Å². The number of rotatable bonds is 4. The van der Waals surface area contributed by atoms with Gasteiger partial charge in [0.1, 0.15) is 12.1 Å². The predicted octanol–water partition coefficient (Wildman–Crippen LogP) is 4.65. The number of hydrogen-bond donors (Lipinski definition) is 1. The summed E-state index contributed by atoms with van der Waals surface area (Å²) >= 11 is 5.91. The summed E-state index contributed by atoms with van der Waals surface area (Å²) in [7, 11) is 0. The second-order valence-corrected chi connectivity index (χ2v) is 5.08. The molecule has 104 valence electrons. The molecule has 21 heavy (non-hydrogen) atoms. The summed E-state index contributed by atoms with van der Waals surface area (Å²) in [6.45, 7) is 2.08. The fourth-order valence-corrected chi connectivity index (χ4v) is 2.27. The van der Waals surface area contributed by atoms with E-state index in [-0.39, 0.29) is 6.04 Å². The fourth-order valence-electron chi connectivity index (χ4n) is 2.14. The Morgan fingerprint density at radius 2 is 1.71 bits per heavy atom. The molecule has 0 fully saturated rings. The summed E-state index contributed by atoms with van der Waals surface area (Å²) in [5.74, 6) is 0. The molecule has 2 rings (SSSR count). The maximum atomic E-state index is 9.07. The number of nitriles is 2. The van der Waals surface area contributed by atoms with Gasteiger partial charge in [0.15, 0.2) is 0 Å². The summed E-state index contributed by atoms with van der Waals surface area (Å²) < 4.78 is 0. The van der Waals surface area contributed by atoms with E-state index in [2.05, 4.69) is 12.2 Å². The van der Waals surface area contributed by atoms with E-state index in [1.807, 2.05) is 42.5 Å². The van der Waals surface area contributed by atoms with Gasteiger partial charge in [0.25, 0.3) is 0 Å². The molecule has 0 saturated carbocycles. The van der Waals surface area contributed by atoms with Crippen molar-refractivity contribution in [2.24, 2.45) is 0 Å². The highest BCUT2D eigenvalue weighted by molar-refractivity contribution is 6.30. The topological polar surface area (TPSA) is 59.6 Å². The normalized spacial score (nSPS) is 11.2. The summed E-state index contributed by atoms with van der Waals surface area (Å²) in [6, 6.07) is 17.1. The van der Waals surface area contributed by atoms with Crippen molar-refractivity contribution in [3.05, 3.63) is 64.2 Å². The minimum Gasteiger partial charge on any atom is -0.378 e. The second kappa shape index (κ2) is 6.79. The quantitative estimate of drug-likeness (QED) is 0.893. The number of hydrogen-bond acceptors (Lipinski definition) is 3. The molecule has 0 spiro atoms. The van der Waals surface area contributed by atoms with Crippen LogP contribution < -0.4 is 5.32 Å². The molecule has 3 nitrogen and oxygen atoms in total. The third-order valence-electron chi connectivity index (χ3n) is 3.28. The van der Waals surface area contributed by atoms with Crippen molar-refractivity contribution >= 4 is 17.3 Å². The first-order valence-electron chi connectivity index (χ1n) is 6.64. The Hall–Kier alpha value is -2.49. The molecule has 0 aliphatic carbocycles. The van der Waals surface area contributed by atoms with Gasteiger partial charge >= 0.3 is 0 Å². The average Bonchev–Trinajstić information content (AvgIpc) is 2.53. The van der Waals surface area contributed by atoms with E-state index in [9.17, 15) is 0 Å². The van der Waals surface area contributed by atoms with Crippen LogP contribution in [0.2, 0.25) is 5.02 Å². The molecule has 1 unspecified atom stereocenters. The van der Waals surface area contributed by atoms with E-state index in [4.69, 9.17) is 22.1 Å². The lowest BCUT2D eigenvalue weighted by Gasteiger charge is -2.19. The minimum atomic E-state index is 0.127. The Bertz CT molecular complexity index is 708. The van der Waals surface area contributed by atoms with Crippen LogP contribution in [-0.4, -0.2) is 0 Å². The van der Waals surface area contributed by atoms with Crippen LogP contribution in [0.25, 0.3) is 0 Å². The van der Waals surface area contributed by atoms with Gasteiger partial charge in [-0.2, -0.15) is 10.5 Å². The highest BCUT2D eigenvalue weighted by Crippen LogP contribution is 2.25. The minimum absolute atomic E-state index is 0.127. The molecule has 2 aromatic carbocycles. The van der Waals surface area contributed by atoms with Gasteiger partial charge < -0.3 is 5.32 Å². The van der Waals surface area contributed by atoms with Gasteiger partial charge in [0.05, 0.1) is 17.2 Å². The smallest absolute Gasteiger partial charge is 0.101 e. The lowest BCUT2D eigenvalue weighted by atomic mass is 10.0. The predicted molar refractivity (Wildman–Crippen MR) is 84.0 cm³/mol.